The average Bonchev–Trinajstić information content (AvgIpc) is 2.30. The highest BCUT2D eigenvalue weighted by Crippen LogP contribution is 2.27. The van der Waals surface area contributed by atoms with E-state index < -0.39 is 0 Å². The van der Waals surface area contributed by atoms with Crippen LogP contribution in [0.5, 0.6) is 0 Å². The SMILES string of the molecule is CCSCCCNC1CN2CCC1CC2. The molecule has 0 aromatic rings. The molecule has 0 spiro atoms. The van der Waals surface area contributed by atoms with Gasteiger partial charge in [0, 0.05) is 12.6 Å². The lowest BCUT2D eigenvalue weighted by molar-refractivity contribution is 0.0730. The predicted molar refractivity (Wildman–Crippen MR) is 68.6 cm³/mol. The third kappa shape index (κ3) is 3.36. The van der Waals surface area contributed by atoms with Crippen molar-refractivity contribution in [2.75, 3.05) is 37.7 Å². The van der Waals surface area contributed by atoms with Gasteiger partial charge in [0.05, 0.1) is 0 Å². The Labute approximate surface area is 98.2 Å². The normalized spacial score (nSPS) is 34.6. The number of nitrogens with one attached hydrogen (secondary N) is 1. The first-order chi connectivity index (χ1) is 7.40. The van der Waals surface area contributed by atoms with E-state index in [2.05, 4.69) is 28.9 Å². The van der Waals surface area contributed by atoms with Gasteiger partial charge >= 0.3 is 0 Å². The monoisotopic (exact) mass is 228 g/mol. The molecule has 3 heterocycles. The Bertz CT molecular complexity index is 178. The zero-order valence-electron chi connectivity index (χ0n) is 9.87. The van der Waals surface area contributed by atoms with Gasteiger partial charge in [0.2, 0.25) is 0 Å². The number of rotatable bonds is 6. The zero-order valence-corrected chi connectivity index (χ0v) is 10.7. The molecule has 0 amide bonds. The van der Waals surface area contributed by atoms with Crippen molar-refractivity contribution in [2.45, 2.75) is 32.2 Å². The first-order valence-corrected chi connectivity index (χ1v) is 7.59. The second kappa shape index (κ2) is 6.12. The number of hydrogen-bond donors (Lipinski definition) is 1. The van der Waals surface area contributed by atoms with Crippen LogP contribution in [0.15, 0.2) is 0 Å². The number of fused-ring (bicyclic) bond motifs is 3. The van der Waals surface area contributed by atoms with E-state index in [4.69, 9.17) is 0 Å². The fourth-order valence-corrected chi connectivity index (χ4v) is 3.44. The minimum atomic E-state index is 0.805. The van der Waals surface area contributed by atoms with Crippen molar-refractivity contribution in [2.24, 2.45) is 5.92 Å². The molecule has 0 aromatic heterocycles. The summed E-state index contributed by atoms with van der Waals surface area (Å²) in [6.45, 7) is 7.49. The zero-order chi connectivity index (χ0) is 10.5. The first-order valence-electron chi connectivity index (χ1n) is 6.43. The standard InChI is InChI=1S/C12H24N2S/c1-2-15-9-3-6-13-12-10-14-7-4-11(12)5-8-14/h11-13H,2-10H2,1H3. The fraction of sp³-hybridized carbons (Fsp3) is 1.00. The van der Waals surface area contributed by atoms with Gasteiger partial charge in [0.25, 0.3) is 0 Å². The topological polar surface area (TPSA) is 15.3 Å². The van der Waals surface area contributed by atoms with Crippen LogP contribution in [0, 0.1) is 5.92 Å². The molecule has 2 nitrogen and oxygen atoms in total. The van der Waals surface area contributed by atoms with E-state index in [0.717, 1.165) is 12.0 Å². The lowest BCUT2D eigenvalue weighted by Gasteiger charge is -2.45. The summed E-state index contributed by atoms with van der Waals surface area (Å²) in [5.41, 5.74) is 0. The summed E-state index contributed by atoms with van der Waals surface area (Å²) in [6.07, 6.45) is 4.20. The van der Waals surface area contributed by atoms with E-state index in [1.165, 1.54) is 56.9 Å². The Hall–Kier alpha value is 0.270. The van der Waals surface area contributed by atoms with Crippen molar-refractivity contribution in [1.29, 1.82) is 0 Å². The molecule has 15 heavy (non-hydrogen) atoms. The molecule has 3 saturated heterocycles. The van der Waals surface area contributed by atoms with Crippen LogP contribution in [0.4, 0.5) is 0 Å². The molecule has 0 saturated carbocycles. The molecule has 2 bridgehead atoms. The molecule has 88 valence electrons. The molecule has 3 aliphatic heterocycles. The molecule has 3 heteroatoms. The minimum Gasteiger partial charge on any atom is -0.312 e. The molecule has 0 aromatic carbocycles. The summed E-state index contributed by atoms with van der Waals surface area (Å²) >= 11 is 2.06. The van der Waals surface area contributed by atoms with Crippen molar-refractivity contribution in [3.8, 4) is 0 Å². The van der Waals surface area contributed by atoms with Crippen molar-refractivity contribution >= 4 is 11.8 Å². The van der Waals surface area contributed by atoms with E-state index >= 15 is 0 Å². The van der Waals surface area contributed by atoms with Gasteiger partial charge < -0.3 is 10.2 Å². The second-order valence-electron chi connectivity index (χ2n) is 4.75. The summed E-state index contributed by atoms with van der Waals surface area (Å²) < 4.78 is 0. The van der Waals surface area contributed by atoms with Gasteiger partial charge in [-0.3, -0.25) is 0 Å². The van der Waals surface area contributed by atoms with Crippen molar-refractivity contribution in [1.82, 2.24) is 10.2 Å². The number of piperidine rings is 3. The highest BCUT2D eigenvalue weighted by Gasteiger charge is 2.33. The largest absolute Gasteiger partial charge is 0.312 e. The van der Waals surface area contributed by atoms with Crippen molar-refractivity contribution in [3.05, 3.63) is 0 Å². The lowest BCUT2D eigenvalue weighted by atomic mass is 9.84. The van der Waals surface area contributed by atoms with E-state index in [9.17, 15) is 0 Å². The van der Waals surface area contributed by atoms with E-state index in [1.807, 2.05) is 0 Å². The quantitative estimate of drug-likeness (QED) is 0.698. The highest BCUT2D eigenvalue weighted by molar-refractivity contribution is 7.99. The molecule has 3 rings (SSSR count). The Morgan fingerprint density at radius 1 is 1.33 bits per heavy atom. The fourth-order valence-electron chi connectivity index (χ4n) is 2.80. The maximum Gasteiger partial charge on any atom is 0.0224 e. The molecule has 1 unspecified atom stereocenters. The van der Waals surface area contributed by atoms with E-state index in [1.54, 1.807) is 0 Å². The Morgan fingerprint density at radius 3 is 2.73 bits per heavy atom. The third-order valence-corrected chi connectivity index (χ3v) is 4.72. The number of nitrogens with zero attached hydrogens (tertiary/aromatic N) is 1. The van der Waals surface area contributed by atoms with Crippen LogP contribution in [-0.4, -0.2) is 48.6 Å². The molecular weight excluding hydrogens is 204 g/mol. The van der Waals surface area contributed by atoms with Crippen molar-refractivity contribution < 1.29 is 0 Å². The summed E-state index contributed by atoms with van der Waals surface area (Å²) in [4.78, 5) is 2.62. The van der Waals surface area contributed by atoms with Crippen LogP contribution in [0.2, 0.25) is 0 Å². The molecular formula is C12H24N2S. The molecule has 3 fully saturated rings. The smallest absolute Gasteiger partial charge is 0.0224 e. The van der Waals surface area contributed by atoms with E-state index in [0.29, 0.717) is 0 Å². The van der Waals surface area contributed by atoms with Crippen molar-refractivity contribution in [3.63, 3.8) is 0 Å². The average molecular weight is 228 g/mol. The summed E-state index contributed by atoms with van der Waals surface area (Å²) in [6, 6.07) is 0.805. The lowest BCUT2D eigenvalue weighted by Crippen LogP contribution is -2.56. The maximum absolute atomic E-state index is 3.76. The molecule has 0 radical (unpaired) electrons. The van der Waals surface area contributed by atoms with Gasteiger partial charge in [-0.05, 0) is 56.3 Å². The van der Waals surface area contributed by atoms with Gasteiger partial charge in [0.1, 0.15) is 0 Å². The maximum atomic E-state index is 3.76. The van der Waals surface area contributed by atoms with Crippen LogP contribution >= 0.6 is 11.8 Å². The van der Waals surface area contributed by atoms with Gasteiger partial charge in [-0.25, -0.2) is 0 Å². The molecule has 1 atom stereocenters. The molecule has 1 N–H and O–H groups in total. The van der Waals surface area contributed by atoms with Crippen LogP contribution in [0.1, 0.15) is 26.2 Å². The number of hydrogen-bond acceptors (Lipinski definition) is 3. The minimum absolute atomic E-state index is 0.805. The Morgan fingerprint density at radius 2 is 2.13 bits per heavy atom. The summed E-state index contributed by atoms with van der Waals surface area (Å²) in [7, 11) is 0. The molecule has 3 aliphatic rings. The second-order valence-corrected chi connectivity index (χ2v) is 6.14. The summed E-state index contributed by atoms with van der Waals surface area (Å²) in [5.74, 6) is 3.57. The van der Waals surface area contributed by atoms with Gasteiger partial charge in [-0.2, -0.15) is 11.8 Å². The van der Waals surface area contributed by atoms with Gasteiger partial charge in [0.15, 0.2) is 0 Å². The first kappa shape index (κ1) is 11.7. The van der Waals surface area contributed by atoms with E-state index in [-0.39, 0.29) is 0 Å². The van der Waals surface area contributed by atoms with Crippen LogP contribution < -0.4 is 5.32 Å². The van der Waals surface area contributed by atoms with Crippen LogP contribution in [-0.2, 0) is 0 Å². The Kier molecular flexibility index (Phi) is 4.79. The number of thioether (sulfide) groups is 1. The summed E-state index contributed by atoms with van der Waals surface area (Å²) in [5, 5.41) is 3.76. The third-order valence-electron chi connectivity index (χ3n) is 3.73. The molecule has 0 aliphatic carbocycles. The van der Waals surface area contributed by atoms with Crippen LogP contribution in [0.25, 0.3) is 0 Å². The predicted octanol–water partition coefficient (Wildman–Crippen LogP) is 1.81. The van der Waals surface area contributed by atoms with Gasteiger partial charge in [-0.1, -0.05) is 6.92 Å². The highest BCUT2D eigenvalue weighted by atomic mass is 32.2. The van der Waals surface area contributed by atoms with Crippen LogP contribution in [0.3, 0.4) is 0 Å². The Balaban J connectivity index is 1.59. The van der Waals surface area contributed by atoms with Gasteiger partial charge in [-0.15, -0.1) is 0 Å².